The molecule has 1 saturated heterocycles. The Labute approximate surface area is 138 Å². The molecule has 1 aromatic carbocycles. The molecule has 1 aliphatic heterocycles. The van der Waals surface area contributed by atoms with Gasteiger partial charge in [-0.3, -0.25) is 4.79 Å². The van der Waals surface area contributed by atoms with Crippen LogP contribution in [0.5, 0.6) is 0 Å². The van der Waals surface area contributed by atoms with Crippen molar-refractivity contribution in [2.75, 3.05) is 13.1 Å². The average Bonchev–Trinajstić information content (AvgIpc) is 2.90. The molecule has 3 rings (SSSR count). The van der Waals surface area contributed by atoms with Gasteiger partial charge in [0.25, 0.3) is 0 Å². The molecule has 0 unspecified atom stereocenters. The quantitative estimate of drug-likeness (QED) is 0.782. The van der Waals surface area contributed by atoms with Gasteiger partial charge in [0.1, 0.15) is 5.78 Å². The largest absolute Gasteiger partial charge is 0.300 e. The number of benzene rings is 1. The zero-order valence-electron chi connectivity index (χ0n) is 13.7. The number of carbonyl (C=O) groups is 1. The Bertz CT molecular complexity index is 734. The number of carbonyl (C=O) groups excluding carboxylic acids is 1. The summed E-state index contributed by atoms with van der Waals surface area (Å²) in [6, 6.07) is 6.97. The van der Waals surface area contributed by atoms with Crippen LogP contribution in [0.3, 0.4) is 0 Å². The summed E-state index contributed by atoms with van der Waals surface area (Å²) in [5.41, 5.74) is 2.26. The van der Waals surface area contributed by atoms with Crippen molar-refractivity contribution in [3.63, 3.8) is 0 Å². The minimum Gasteiger partial charge on any atom is -0.300 e. The predicted octanol–water partition coefficient (Wildman–Crippen LogP) is 2.93. The minimum absolute atomic E-state index is 0.110. The number of allylic oxidation sites excluding steroid dienone is 1. The molecule has 5 heteroatoms. The van der Waals surface area contributed by atoms with Gasteiger partial charge in [-0.15, -0.1) is 0 Å². The van der Waals surface area contributed by atoms with E-state index in [-0.39, 0.29) is 17.6 Å². The van der Waals surface area contributed by atoms with E-state index >= 15 is 0 Å². The summed E-state index contributed by atoms with van der Waals surface area (Å²) in [7, 11) is -3.48. The molecule has 0 radical (unpaired) electrons. The van der Waals surface area contributed by atoms with Gasteiger partial charge in [-0.2, -0.15) is 4.31 Å². The molecule has 1 heterocycles. The van der Waals surface area contributed by atoms with Crippen LogP contribution in [0.4, 0.5) is 0 Å². The first-order valence-corrected chi connectivity index (χ1v) is 9.57. The number of hydrogen-bond donors (Lipinski definition) is 0. The third-order valence-electron chi connectivity index (χ3n) is 5.03. The van der Waals surface area contributed by atoms with E-state index in [1.807, 2.05) is 19.1 Å². The van der Waals surface area contributed by atoms with E-state index in [4.69, 9.17) is 0 Å². The predicted molar refractivity (Wildman–Crippen MR) is 89.5 cm³/mol. The second-order valence-electron chi connectivity index (χ2n) is 6.73. The number of ketones is 1. The highest BCUT2D eigenvalue weighted by Crippen LogP contribution is 2.36. The summed E-state index contributed by atoms with van der Waals surface area (Å²) in [5.74, 6) is 0.525. The normalized spacial score (nSPS) is 28.6. The first-order valence-electron chi connectivity index (χ1n) is 8.13. The van der Waals surface area contributed by atoms with Gasteiger partial charge in [-0.1, -0.05) is 29.3 Å². The summed E-state index contributed by atoms with van der Waals surface area (Å²) < 4.78 is 27.3. The molecular formula is C18H23NO3S. The fourth-order valence-electron chi connectivity index (χ4n) is 3.62. The lowest BCUT2D eigenvalue weighted by atomic mass is 9.83. The second-order valence-corrected chi connectivity index (χ2v) is 8.67. The fourth-order valence-corrected chi connectivity index (χ4v) is 5.14. The molecule has 124 valence electrons. The van der Waals surface area contributed by atoms with Crippen LogP contribution >= 0.6 is 0 Å². The topological polar surface area (TPSA) is 54.5 Å². The van der Waals surface area contributed by atoms with E-state index in [0.29, 0.717) is 30.8 Å². The van der Waals surface area contributed by atoms with Crippen molar-refractivity contribution in [2.45, 2.75) is 38.0 Å². The summed E-state index contributed by atoms with van der Waals surface area (Å²) in [6.45, 7) is 4.93. The van der Waals surface area contributed by atoms with Crippen molar-refractivity contribution < 1.29 is 13.2 Å². The van der Waals surface area contributed by atoms with Crippen molar-refractivity contribution in [2.24, 2.45) is 11.8 Å². The monoisotopic (exact) mass is 333 g/mol. The Balaban J connectivity index is 1.88. The van der Waals surface area contributed by atoms with E-state index in [0.717, 1.165) is 12.0 Å². The summed E-state index contributed by atoms with van der Waals surface area (Å²) >= 11 is 0. The second kappa shape index (κ2) is 6.21. The molecule has 4 nitrogen and oxygen atoms in total. The SMILES string of the molecule is C/C1=C/CCC(=O)C[C@@H]2CN(S(=O)(=O)c3ccc(C)cc3)C[C@H]12. The summed E-state index contributed by atoms with van der Waals surface area (Å²) in [4.78, 5) is 12.3. The van der Waals surface area contributed by atoms with Crippen LogP contribution in [0.25, 0.3) is 0 Å². The van der Waals surface area contributed by atoms with Gasteiger partial charge in [0.15, 0.2) is 0 Å². The summed E-state index contributed by atoms with van der Waals surface area (Å²) in [5, 5.41) is 0. The molecule has 0 amide bonds. The Morgan fingerprint density at radius 1 is 1.09 bits per heavy atom. The van der Waals surface area contributed by atoms with Gasteiger partial charge >= 0.3 is 0 Å². The number of hydrogen-bond acceptors (Lipinski definition) is 3. The maximum Gasteiger partial charge on any atom is 0.243 e. The molecule has 2 aliphatic rings. The fraction of sp³-hybridized carbons (Fsp3) is 0.500. The lowest BCUT2D eigenvalue weighted by Crippen LogP contribution is -2.29. The van der Waals surface area contributed by atoms with Crippen molar-refractivity contribution >= 4 is 15.8 Å². The van der Waals surface area contributed by atoms with E-state index in [1.54, 1.807) is 16.4 Å². The van der Waals surface area contributed by atoms with Crippen molar-refractivity contribution in [3.05, 3.63) is 41.5 Å². The molecule has 0 spiro atoms. The van der Waals surface area contributed by atoms with Crippen molar-refractivity contribution in [1.29, 1.82) is 0 Å². The zero-order chi connectivity index (χ0) is 16.6. The molecular weight excluding hydrogens is 310 g/mol. The highest BCUT2D eigenvalue weighted by Gasteiger charge is 2.40. The maximum absolute atomic E-state index is 12.9. The number of Topliss-reactive ketones (excluding diaryl/α,β-unsaturated/α-hetero) is 1. The van der Waals surface area contributed by atoms with Crippen LogP contribution in [-0.2, 0) is 14.8 Å². The molecule has 1 aromatic rings. The van der Waals surface area contributed by atoms with Gasteiger partial charge in [-0.25, -0.2) is 8.42 Å². The Hall–Kier alpha value is -1.46. The van der Waals surface area contributed by atoms with E-state index in [9.17, 15) is 13.2 Å². The molecule has 0 N–H and O–H groups in total. The van der Waals surface area contributed by atoms with Crippen LogP contribution in [0, 0.1) is 18.8 Å². The minimum atomic E-state index is -3.48. The summed E-state index contributed by atoms with van der Waals surface area (Å²) in [6.07, 6.45) is 3.95. The number of nitrogens with zero attached hydrogens (tertiary/aromatic N) is 1. The smallest absolute Gasteiger partial charge is 0.243 e. The van der Waals surface area contributed by atoms with E-state index in [2.05, 4.69) is 13.0 Å². The Morgan fingerprint density at radius 2 is 1.78 bits per heavy atom. The molecule has 1 fully saturated rings. The van der Waals surface area contributed by atoms with Crippen LogP contribution in [0.2, 0.25) is 0 Å². The molecule has 0 aromatic heterocycles. The molecule has 0 saturated carbocycles. The van der Waals surface area contributed by atoms with Crippen LogP contribution < -0.4 is 0 Å². The lowest BCUT2D eigenvalue weighted by molar-refractivity contribution is -0.120. The first-order chi connectivity index (χ1) is 10.9. The van der Waals surface area contributed by atoms with Crippen LogP contribution in [-0.4, -0.2) is 31.6 Å². The molecule has 23 heavy (non-hydrogen) atoms. The first kappa shape index (κ1) is 16.4. The lowest BCUT2D eigenvalue weighted by Gasteiger charge is -2.20. The number of aryl methyl sites for hydroxylation is 1. The third-order valence-corrected chi connectivity index (χ3v) is 6.88. The van der Waals surface area contributed by atoms with E-state index in [1.165, 1.54) is 5.57 Å². The number of sulfonamides is 1. The highest BCUT2D eigenvalue weighted by molar-refractivity contribution is 7.89. The van der Waals surface area contributed by atoms with Crippen molar-refractivity contribution in [1.82, 2.24) is 4.31 Å². The van der Waals surface area contributed by atoms with Gasteiger partial charge in [0.05, 0.1) is 4.90 Å². The van der Waals surface area contributed by atoms with E-state index < -0.39 is 10.0 Å². The molecule has 0 bridgehead atoms. The Kier molecular flexibility index (Phi) is 4.43. The zero-order valence-corrected chi connectivity index (χ0v) is 14.5. The molecule has 2 atom stereocenters. The number of rotatable bonds is 2. The van der Waals surface area contributed by atoms with Gasteiger partial charge < -0.3 is 0 Å². The molecule has 1 aliphatic carbocycles. The maximum atomic E-state index is 12.9. The highest BCUT2D eigenvalue weighted by atomic mass is 32.2. The van der Waals surface area contributed by atoms with Gasteiger partial charge in [0, 0.05) is 25.9 Å². The van der Waals surface area contributed by atoms with Crippen LogP contribution in [0.15, 0.2) is 40.8 Å². The third kappa shape index (κ3) is 3.26. The van der Waals surface area contributed by atoms with Crippen molar-refractivity contribution in [3.8, 4) is 0 Å². The Morgan fingerprint density at radius 3 is 2.48 bits per heavy atom. The number of fused-ring (bicyclic) bond motifs is 1. The van der Waals surface area contributed by atoms with Gasteiger partial charge in [-0.05, 0) is 44.2 Å². The van der Waals surface area contributed by atoms with Crippen LogP contribution in [0.1, 0.15) is 31.7 Å². The standard InChI is InChI=1S/C18H23NO3S/c1-13-6-8-17(9-7-13)23(21,22)19-11-15-10-16(20)5-3-4-14(2)18(15)12-19/h4,6-9,15,18H,3,5,10-12H2,1-2H3/b14-4-/t15-,18-/m1/s1. The van der Waals surface area contributed by atoms with Gasteiger partial charge in [0.2, 0.25) is 10.0 Å². The average molecular weight is 333 g/mol.